The molecule has 1 aliphatic rings. The van der Waals surface area contributed by atoms with Crippen LogP contribution in [0.1, 0.15) is 18.4 Å². The first-order chi connectivity index (χ1) is 13.3. The summed E-state index contributed by atoms with van der Waals surface area (Å²) in [7, 11) is 0. The molecule has 1 N–H and O–H groups in total. The van der Waals surface area contributed by atoms with Gasteiger partial charge in [0.1, 0.15) is 23.7 Å². The van der Waals surface area contributed by atoms with E-state index in [9.17, 15) is 4.39 Å². The maximum atomic E-state index is 14.3. The van der Waals surface area contributed by atoms with Crippen LogP contribution in [0, 0.1) is 5.82 Å². The van der Waals surface area contributed by atoms with E-state index in [1.165, 1.54) is 18.9 Å². The second-order valence-electron chi connectivity index (χ2n) is 6.36. The van der Waals surface area contributed by atoms with Crippen molar-refractivity contribution in [3.8, 4) is 11.5 Å². The maximum absolute atomic E-state index is 14.3. The number of halogens is 1. The topological polar surface area (TPSA) is 63.2 Å². The first kappa shape index (κ1) is 17.2. The van der Waals surface area contributed by atoms with Crippen LogP contribution in [0.5, 0.6) is 11.5 Å². The molecule has 3 aromatic rings. The molecule has 1 aliphatic heterocycles. The molecule has 27 heavy (non-hydrogen) atoms. The number of nitrogens with zero attached hydrogens (tertiary/aromatic N) is 4. The molecule has 0 unspecified atom stereocenters. The van der Waals surface area contributed by atoms with Gasteiger partial charge in [0.25, 0.3) is 0 Å². The summed E-state index contributed by atoms with van der Waals surface area (Å²) < 4.78 is 19.8. The van der Waals surface area contributed by atoms with E-state index in [1.807, 2.05) is 12.1 Å². The van der Waals surface area contributed by atoms with Crippen molar-refractivity contribution in [1.82, 2.24) is 15.0 Å². The Kier molecular flexibility index (Phi) is 5.09. The largest absolute Gasteiger partial charge is 0.453 e. The molecule has 7 heteroatoms. The molecular formula is C20H20FN5O. The minimum atomic E-state index is -0.418. The highest BCUT2D eigenvalue weighted by atomic mass is 19.1. The van der Waals surface area contributed by atoms with E-state index in [-0.39, 0.29) is 5.75 Å². The lowest BCUT2D eigenvalue weighted by Gasteiger charge is -2.16. The van der Waals surface area contributed by atoms with E-state index in [4.69, 9.17) is 4.74 Å². The molecule has 6 nitrogen and oxygen atoms in total. The Labute approximate surface area is 157 Å². The number of benzene rings is 1. The highest BCUT2D eigenvalue weighted by Gasteiger charge is 2.14. The number of rotatable bonds is 6. The quantitative estimate of drug-likeness (QED) is 0.712. The zero-order valence-corrected chi connectivity index (χ0v) is 14.8. The predicted octanol–water partition coefficient (Wildman–Crippen LogP) is 4.02. The van der Waals surface area contributed by atoms with E-state index in [0.717, 1.165) is 30.3 Å². The Hall–Kier alpha value is -3.22. The number of nitrogens with one attached hydrogen (secondary N) is 1. The average molecular weight is 365 g/mol. The third kappa shape index (κ3) is 4.31. The van der Waals surface area contributed by atoms with Gasteiger partial charge >= 0.3 is 0 Å². The fraction of sp³-hybridized carbons (Fsp3) is 0.250. The van der Waals surface area contributed by atoms with Crippen LogP contribution in [0.2, 0.25) is 0 Å². The molecule has 1 saturated heterocycles. The second kappa shape index (κ2) is 7.99. The van der Waals surface area contributed by atoms with Crippen molar-refractivity contribution < 1.29 is 9.13 Å². The number of pyridine rings is 1. The molecule has 138 valence electrons. The van der Waals surface area contributed by atoms with Crippen molar-refractivity contribution >= 4 is 11.6 Å². The fourth-order valence-electron chi connectivity index (χ4n) is 3.03. The van der Waals surface area contributed by atoms with Gasteiger partial charge in [-0.2, -0.15) is 0 Å². The Balaban J connectivity index is 1.40. The molecule has 4 rings (SSSR count). The summed E-state index contributed by atoms with van der Waals surface area (Å²) in [6.07, 6.45) is 7.13. The van der Waals surface area contributed by atoms with Crippen LogP contribution in [0.3, 0.4) is 0 Å². The van der Waals surface area contributed by atoms with Gasteiger partial charge in [0.2, 0.25) is 0 Å². The number of hydrogen-bond donors (Lipinski definition) is 1. The summed E-state index contributed by atoms with van der Waals surface area (Å²) in [6, 6.07) is 10.3. The van der Waals surface area contributed by atoms with E-state index < -0.39 is 5.82 Å². The van der Waals surface area contributed by atoms with Gasteiger partial charge < -0.3 is 15.0 Å². The first-order valence-electron chi connectivity index (χ1n) is 8.95. The lowest BCUT2D eigenvalue weighted by Crippen LogP contribution is -2.19. The molecule has 0 aliphatic carbocycles. The lowest BCUT2D eigenvalue weighted by molar-refractivity contribution is 0.440. The van der Waals surface area contributed by atoms with Crippen LogP contribution in [-0.4, -0.2) is 28.0 Å². The van der Waals surface area contributed by atoms with Crippen LogP contribution in [0.25, 0.3) is 0 Å². The van der Waals surface area contributed by atoms with E-state index in [2.05, 4.69) is 25.2 Å². The van der Waals surface area contributed by atoms with Gasteiger partial charge in [-0.1, -0.05) is 6.07 Å². The minimum Gasteiger partial charge on any atom is -0.453 e. The highest BCUT2D eigenvalue weighted by molar-refractivity contribution is 5.49. The fourth-order valence-corrected chi connectivity index (χ4v) is 3.03. The van der Waals surface area contributed by atoms with Crippen molar-refractivity contribution in [3.63, 3.8) is 0 Å². The van der Waals surface area contributed by atoms with Crippen LogP contribution in [0.15, 0.2) is 55.1 Å². The van der Waals surface area contributed by atoms with Crippen LogP contribution in [0.4, 0.5) is 16.0 Å². The van der Waals surface area contributed by atoms with Gasteiger partial charge in [-0.05, 0) is 42.7 Å². The Morgan fingerprint density at radius 1 is 1.11 bits per heavy atom. The molecule has 3 heterocycles. The smallest absolute Gasteiger partial charge is 0.166 e. The van der Waals surface area contributed by atoms with Gasteiger partial charge in [-0.3, -0.25) is 4.98 Å². The number of aromatic nitrogens is 3. The van der Waals surface area contributed by atoms with Crippen molar-refractivity contribution in [1.29, 1.82) is 0 Å². The minimum absolute atomic E-state index is 0.171. The first-order valence-corrected chi connectivity index (χ1v) is 8.95. The lowest BCUT2D eigenvalue weighted by atomic mass is 10.2. The van der Waals surface area contributed by atoms with Crippen LogP contribution < -0.4 is 15.0 Å². The van der Waals surface area contributed by atoms with Gasteiger partial charge in [0.15, 0.2) is 11.6 Å². The van der Waals surface area contributed by atoms with E-state index in [0.29, 0.717) is 12.3 Å². The average Bonchev–Trinajstić information content (AvgIpc) is 3.24. The molecule has 0 radical (unpaired) electrons. The molecule has 0 amide bonds. The van der Waals surface area contributed by atoms with E-state index in [1.54, 1.807) is 36.9 Å². The molecule has 0 atom stereocenters. The molecular weight excluding hydrogens is 345 g/mol. The SMILES string of the molecule is Fc1cc(CNc2cc(N3CCCC3)ncn2)ccc1Oc1cccnc1. The number of ether oxygens (including phenoxy) is 1. The number of hydrogen-bond acceptors (Lipinski definition) is 6. The summed E-state index contributed by atoms with van der Waals surface area (Å²) in [6.45, 7) is 2.51. The monoisotopic (exact) mass is 365 g/mol. The third-order valence-corrected chi connectivity index (χ3v) is 4.41. The maximum Gasteiger partial charge on any atom is 0.166 e. The highest BCUT2D eigenvalue weighted by Crippen LogP contribution is 2.25. The normalized spacial score (nSPS) is 13.6. The standard InChI is InChI=1S/C20H20FN5O/c21-17-10-15(5-6-18(17)27-16-4-3-7-22-13-16)12-23-19-11-20(25-14-24-19)26-8-1-2-9-26/h3-7,10-11,13-14H,1-2,8-9,12H2,(H,23,24,25). The number of anilines is 2. The van der Waals surface area contributed by atoms with Crippen molar-refractivity contribution in [3.05, 3.63) is 66.5 Å². The second-order valence-corrected chi connectivity index (χ2v) is 6.36. The van der Waals surface area contributed by atoms with Gasteiger partial charge in [-0.15, -0.1) is 0 Å². The molecule has 0 bridgehead atoms. The zero-order chi connectivity index (χ0) is 18.5. The summed E-state index contributed by atoms with van der Waals surface area (Å²) in [4.78, 5) is 14.8. The summed E-state index contributed by atoms with van der Waals surface area (Å²) >= 11 is 0. The Bertz CT molecular complexity index is 900. The van der Waals surface area contributed by atoms with E-state index >= 15 is 0 Å². The summed E-state index contributed by atoms with van der Waals surface area (Å²) in [5.41, 5.74) is 0.798. The molecule has 1 fully saturated rings. The molecule has 0 saturated carbocycles. The van der Waals surface area contributed by atoms with Crippen molar-refractivity contribution in [2.45, 2.75) is 19.4 Å². The molecule has 1 aromatic carbocycles. The predicted molar refractivity (Wildman–Crippen MR) is 102 cm³/mol. The Morgan fingerprint density at radius 3 is 2.78 bits per heavy atom. The van der Waals surface area contributed by atoms with Gasteiger partial charge in [-0.25, -0.2) is 14.4 Å². The summed E-state index contributed by atoms with van der Waals surface area (Å²) in [5.74, 6) is 1.90. The van der Waals surface area contributed by atoms with Crippen molar-refractivity contribution in [2.75, 3.05) is 23.3 Å². The Morgan fingerprint density at radius 2 is 2.00 bits per heavy atom. The summed E-state index contributed by atoms with van der Waals surface area (Å²) in [5, 5.41) is 3.23. The van der Waals surface area contributed by atoms with Crippen molar-refractivity contribution in [2.24, 2.45) is 0 Å². The van der Waals surface area contributed by atoms with Crippen LogP contribution >= 0.6 is 0 Å². The third-order valence-electron chi connectivity index (χ3n) is 4.41. The van der Waals surface area contributed by atoms with Gasteiger partial charge in [0, 0.05) is 31.9 Å². The van der Waals surface area contributed by atoms with Crippen LogP contribution in [-0.2, 0) is 6.54 Å². The molecule has 2 aromatic heterocycles. The molecule has 0 spiro atoms. The zero-order valence-electron chi connectivity index (χ0n) is 14.8. The van der Waals surface area contributed by atoms with Gasteiger partial charge in [0.05, 0.1) is 6.20 Å².